The molecule has 1 heterocycles. The van der Waals surface area contributed by atoms with Crippen molar-refractivity contribution in [1.29, 1.82) is 0 Å². The lowest BCUT2D eigenvalue weighted by atomic mass is 9.94. The number of carbonyl (C=O) groups excluding carboxylic acids is 1. The van der Waals surface area contributed by atoms with Gasteiger partial charge < -0.3 is 14.6 Å². The molecule has 0 aliphatic carbocycles. The van der Waals surface area contributed by atoms with Gasteiger partial charge in [0.15, 0.2) is 5.78 Å². The molecule has 2 aromatic carbocycles. The Balaban J connectivity index is 1.98. The van der Waals surface area contributed by atoms with E-state index in [1.165, 1.54) is 0 Å². The van der Waals surface area contributed by atoms with Crippen LogP contribution in [-0.2, 0) is 6.42 Å². The number of methoxy groups -OCH3 is 1. The molecule has 1 N–H and O–H groups in total. The topological polar surface area (TPSA) is 55.8 Å². The molecule has 1 aliphatic heterocycles. The Kier molecular flexibility index (Phi) is 3.75. The van der Waals surface area contributed by atoms with E-state index in [-0.39, 0.29) is 17.6 Å². The second-order valence-electron chi connectivity index (χ2n) is 5.34. The molecule has 0 saturated carbocycles. The first-order valence-corrected chi connectivity index (χ1v) is 7.32. The van der Waals surface area contributed by atoms with Crippen molar-refractivity contribution in [3.63, 3.8) is 0 Å². The normalized spacial score (nSPS) is 16.8. The zero-order valence-electron chi connectivity index (χ0n) is 12.6. The number of phenols is 1. The van der Waals surface area contributed by atoms with E-state index in [1.807, 2.05) is 13.0 Å². The van der Waals surface area contributed by atoms with Gasteiger partial charge in [0.25, 0.3) is 0 Å². The van der Waals surface area contributed by atoms with Crippen molar-refractivity contribution in [3.05, 3.63) is 53.1 Å². The van der Waals surface area contributed by atoms with Crippen molar-refractivity contribution in [2.75, 3.05) is 7.11 Å². The van der Waals surface area contributed by atoms with Crippen LogP contribution in [0.25, 0.3) is 0 Å². The van der Waals surface area contributed by atoms with E-state index in [9.17, 15) is 9.90 Å². The van der Waals surface area contributed by atoms with Crippen LogP contribution in [0, 0.1) is 0 Å². The molecular weight excluding hydrogens is 280 g/mol. The lowest BCUT2D eigenvalue weighted by Crippen LogP contribution is -2.20. The zero-order chi connectivity index (χ0) is 15.7. The molecule has 0 aromatic heterocycles. The predicted molar refractivity (Wildman–Crippen MR) is 82.8 cm³/mol. The van der Waals surface area contributed by atoms with Crippen LogP contribution >= 0.6 is 0 Å². The van der Waals surface area contributed by atoms with Crippen LogP contribution < -0.4 is 9.47 Å². The summed E-state index contributed by atoms with van der Waals surface area (Å²) in [5.74, 6) is 1.56. The summed E-state index contributed by atoms with van der Waals surface area (Å²) in [7, 11) is 1.61. The Morgan fingerprint density at radius 3 is 2.64 bits per heavy atom. The summed E-state index contributed by atoms with van der Waals surface area (Å²) in [6.45, 7) is 2.03. The van der Waals surface area contributed by atoms with E-state index < -0.39 is 0 Å². The summed E-state index contributed by atoms with van der Waals surface area (Å²) < 4.78 is 11.4. The van der Waals surface area contributed by atoms with Gasteiger partial charge in [-0.25, -0.2) is 0 Å². The molecule has 0 bridgehead atoms. The molecule has 1 atom stereocenters. The molecular formula is C18H18O4. The van der Waals surface area contributed by atoms with E-state index in [0.717, 1.165) is 23.3 Å². The highest BCUT2D eigenvalue weighted by Crippen LogP contribution is 2.39. The van der Waals surface area contributed by atoms with Gasteiger partial charge in [0.1, 0.15) is 23.4 Å². The molecule has 0 radical (unpaired) electrons. The molecule has 0 spiro atoms. The fourth-order valence-electron chi connectivity index (χ4n) is 2.74. The number of benzene rings is 2. The minimum Gasteiger partial charge on any atom is -0.508 e. The van der Waals surface area contributed by atoms with Crippen LogP contribution in [0.1, 0.15) is 40.9 Å². The van der Waals surface area contributed by atoms with Crippen LogP contribution in [0.2, 0.25) is 0 Å². The first-order chi connectivity index (χ1) is 10.6. The van der Waals surface area contributed by atoms with E-state index in [1.54, 1.807) is 37.4 Å². The smallest absolute Gasteiger partial charge is 0.170 e. The summed E-state index contributed by atoms with van der Waals surface area (Å²) in [6, 6.07) is 10.4. The average molecular weight is 298 g/mol. The monoisotopic (exact) mass is 298 g/mol. The summed E-state index contributed by atoms with van der Waals surface area (Å²) in [6.07, 6.45) is 0.760. The summed E-state index contributed by atoms with van der Waals surface area (Å²) in [4.78, 5) is 12.4. The number of Topliss-reactive ketones (excluding diaryl/α,β-unsaturated/α-hetero) is 1. The van der Waals surface area contributed by atoms with Crippen LogP contribution in [0.3, 0.4) is 0 Å². The van der Waals surface area contributed by atoms with Crippen LogP contribution in [0.15, 0.2) is 36.4 Å². The van der Waals surface area contributed by atoms with Gasteiger partial charge in [-0.2, -0.15) is 0 Å². The van der Waals surface area contributed by atoms with Gasteiger partial charge in [-0.1, -0.05) is 19.1 Å². The SMILES string of the molecule is CCc1cc2c(cc1OC)OC(c1ccc(O)cc1)CC2=O. The number of hydrogen-bond donors (Lipinski definition) is 1. The Hall–Kier alpha value is -2.49. The number of carbonyl (C=O) groups is 1. The Labute approximate surface area is 129 Å². The van der Waals surface area contributed by atoms with Crippen LogP contribution in [0.5, 0.6) is 17.2 Å². The van der Waals surface area contributed by atoms with Gasteiger partial charge in [0.05, 0.1) is 19.1 Å². The second-order valence-corrected chi connectivity index (χ2v) is 5.34. The number of aryl methyl sites for hydroxylation is 1. The zero-order valence-corrected chi connectivity index (χ0v) is 12.6. The molecule has 1 unspecified atom stereocenters. The number of ether oxygens (including phenoxy) is 2. The third-order valence-electron chi connectivity index (χ3n) is 3.97. The van der Waals surface area contributed by atoms with Gasteiger partial charge in [0.2, 0.25) is 0 Å². The molecule has 0 saturated heterocycles. The highest BCUT2D eigenvalue weighted by atomic mass is 16.5. The maximum absolute atomic E-state index is 12.4. The quantitative estimate of drug-likeness (QED) is 0.939. The fraction of sp³-hybridized carbons (Fsp3) is 0.278. The van der Waals surface area contributed by atoms with Gasteiger partial charge in [-0.3, -0.25) is 4.79 Å². The minimum absolute atomic E-state index is 0.0664. The number of ketones is 1. The lowest BCUT2D eigenvalue weighted by molar-refractivity contribution is 0.0849. The van der Waals surface area contributed by atoms with Crippen molar-refractivity contribution in [2.45, 2.75) is 25.9 Å². The number of fused-ring (bicyclic) bond motifs is 1. The molecule has 22 heavy (non-hydrogen) atoms. The van der Waals surface area contributed by atoms with E-state index >= 15 is 0 Å². The molecule has 4 nitrogen and oxygen atoms in total. The molecule has 0 amide bonds. The number of hydrogen-bond acceptors (Lipinski definition) is 4. The second kappa shape index (κ2) is 5.72. The Bertz CT molecular complexity index is 704. The molecule has 0 fully saturated rings. The standard InChI is InChI=1S/C18H18O4/c1-3-11-8-14-15(20)9-17(12-4-6-13(19)7-5-12)22-18(14)10-16(11)21-2/h4-8,10,17,19H,3,9H2,1-2H3. The molecule has 3 rings (SSSR count). The fourth-order valence-corrected chi connectivity index (χ4v) is 2.74. The Morgan fingerprint density at radius 2 is 2.00 bits per heavy atom. The molecule has 114 valence electrons. The Morgan fingerprint density at radius 1 is 1.27 bits per heavy atom. The lowest BCUT2D eigenvalue weighted by Gasteiger charge is -2.26. The third-order valence-corrected chi connectivity index (χ3v) is 3.97. The molecule has 1 aliphatic rings. The molecule has 4 heteroatoms. The summed E-state index contributed by atoms with van der Waals surface area (Å²) in [5.41, 5.74) is 2.49. The predicted octanol–water partition coefficient (Wildman–Crippen LogP) is 3.67. The van der Waals surface area contributed by atoms with Crippen molar-refractivity contribution in [1.82, 2.24) is 0 Å². The van der Waals surface area contributed by atoms with Gasteiger partial charge in [-0.05, 0) is 35.7 Å². The summed E-state index contributed by atoms with van der Waals surface area (Å²) in [5, 5.41) is 9.37. The maximum Gasteiger partial charge on any atom is 0.170 e. The first kappa shape index (κ1) is 14.4. The van der Waals surface area contributed by atoms with Gasteiger partial charge in [-0.15, -0.1) is 0 Å². The van der Waals surface area contributed by atoms with E-state index in [2.05, 4.69) is 0 Å². The first-order valence-electron chi connectivity index (χ1n) is 7.32. The van der Waals surface area contributed by atoms with Crippen molar-refractivity contribution in [3.8, 4) is 17.2 Å². The number of aromatic hydroxyl groups is 1. The minimum atomic E-state index is -0.335. The van der Waals surface area contributed by atoms with Crippen molar-refractivity contribution >= 4 is 5.78 Å². The average Bonchev–Trinajstić information content (AvgIpc) is 2.54. The van der Waals surface area contributed by atoms with Gasteiger partial charge in [0, 0.05) is 6.07 Å². The van der Waals surface area contributed by atoms with E-state index in [4.69, 9.17) is 9.47 Å². The van der Waals surface area contributed by atoms with Crippen molar-refractivity contribution in [2.24, 2.45) is 0 Å². The maximum atomic E-state index is 12.4. The summed E-state index contributed by atoms with van der Waals surface area (Å²) >= 11 is 0. The molecule has 2 aromatic rings. The number of phenolic OH excluding ortho intramolecular Hbond substituents is 1. The van der Waals surface area contributed by atoms with Crippen LogP contribution in [0.4, 0.5) is 0 Å². The highest BCUT2D eigenvalue weighted by Gasteiger charge is 2.29. The largest absolute Gasteiger partial charge is 0.508 e. The van der Waals surface area contributed by atoms with Crippen LogP contribution in [-0.4, -0.2) is 18.0 Å². The highest BCUT2D eigenvalue weighted by molar-refractivity contribution is 6.00. The van der Waals surface area contributed by atoms with E-state index in [0.29, 0.717) is 17.7 Å². The number of rotatable bonds is 3. The van der Waals surface area contributed by atoms with Gasteiger partial charge >= 0.3 is 0 Å². The third kappa shape index (κ3) is 2.52. The van der Waals surface area contributed by atoms with Crippen molar-refractivity contribution < 1.29 is 19.4 Å².